The van der Waals surface area contributed by atoms with E-state index in [0.29, 0.717) is 12.1 Å². The second-order valence-electron chi connectivity index (χ2n) is 7.55. The molecule has 2 aliphatic heterocycles. The number of hydrogen-bond donors (Lipinski definition) is 1. The molecular formula is C21H29ClN4O4. The number of hydrogen-bond acceptors (Lipinski definition) is 6. The van der Waals surface area contributed by atoms with E-state index in [1.54, 1.807) is 6.92 Å². The highest BCUT2D eigenvalue weighted by Crippen LogP contribution is 2.29. The van der Waals surface area contributed by atoms with Crippen LogP contribution in [0.5, 0.6) is 5.75 Å². The summed E-state index contributed by atoms with van der Waals surface area (Å²) in [6, 6.07) is 8.05. The van der Waals surface area contributed by atoms with E-state index >= 15 is 0 Å². The zero-order valence-electron chi connectivity index (χ0n) is 17.6. The number of halogens is 1. The van der Waals surface area contributed by atoms with Gasteiger partial charge in [0.2, 0.25) is 5.91 Å². The van der Waals surface area contributed by atoms with E-state index in [-0.39, 0.29) is 30.8 Å². The summed E-state index contributed by atoms with van der Waals surface area (Å²) in [6.07, 6.45) is 1.57. The molecule has 0 unspecified atom stereocenters. The van der Waals surface area contributed by atoms with Crippen molar-refractivity contribution < 1.29 is 19.1 Å². The molecule has 9 heteroatoms. The first kappa shape index (κ1) is 23.7. The maximum absolute atomic E-state index is 12.1. The Bertz CT molecular complexity index is 819. The van der Waals surface area contributed by atoms with Gasteiger partial charge in [0, 0.05) is 50.8 Å². The number of carbonyl (C=O) groups excluding carboxylic acids is 3. The minimum Gasteiger partial charge on any atom is -0.489 e. The number of para-hydroxylation sites is 2. The smallest absolute Gasteiger partial charge is 0.275 e. The number of piperazine rings is 1. The number of hydrazine groups is 1. The SMILES string of the molecule is CC1=CC(=O)N(NC(=O)CCN2CCN(c3ccccc3OC(C)C)CC2)C1=O.Cl. The molecule has 3 rings (SSSR count). The summed E-state index contributed by atoms with van der Waals surface area (Å²) in [5.74, 6) is -0.428. The van der Waals surface area contributed by atoms with Gasteiger partial charge in [0.25, 0.3) is 11.8 Å². The third-order valence-electron chi connectivity index (χ3n) is 4.93. The number of rotatable bonds is 7. The third kappa shape index (κ3) is 5.73. The van der Waals surface area contributed by atoms with Gasteiger partial charge in [0.15, 0.2) is 0 Å². The zero-order valence-corrected chi connectivity index (χ0v) is 18.4. The summed E-state index contributed by atoms with van der Waals surface area (Å²) in [5.41, 5.74) is 3.82. The van der Waals surface area contributed by atoms with Crippen LogP contribution in [-0.4, -0.2) is 66.5 Å². The number of imide groups is 1. The van der Waals surface area contributed by atoms with Gasteiger partial charge < -0.3 is 9.64 Å². The molecule has 2 heterocycles. The predicted octanol–water partition coefficient (Wildman–Crippen LogP) is 1.75. The molecular weight excluding hydrogens is 408 g/mol. The molecule has 0 radical (unpaired) electrons. The first-order valence-electron chi connectivity index (χ1n) is 9.94. The highest BCUT2D eigenvalue weighted by molar-refractivity contribution is 6.16. The quantitative estimate of drug-likeness (QED) is 0.656. The van der Waals surface area contributed by atoms with Crippen LogP contribution in [0.1, 0.15) is 27.2 Å². The molecule has 0 aliphatic carbocycles. The number of carbonyl (C=O) groups is 3. The summed E-state index contributed by atoms with van der Waals surface area (Å²) in [6.45, 7) is 9.49. The van der Waals surface area contributed by atoms with Gasteiger partial charge in [-0.25, -0.2) is 0 Å². The fourth-order valence-corrected chi connectivity index (χ4v) is 3.42. The van der Waals surface area contributed by atoms with Gasteiger partial charge in [-0.15, -0.1) is 12.4 Å². The van der Waals surface area contributed by atoms with Crippen molar-refractivity contribution in [1.82, 2.24) is 15.3 Å². The summed E-state index contributed by atoms with van der Waals surface area (Å²) in [5, 5.41) is 0.779. The fourth-order valence-electron chi connectivity index (χ4n) is 3.42. The van der Waals surface area contributed by atoms with Crippen molar-refractivity contribution in [2.24, 2.45) is 0 Å². The lowest BCUT2D eigenvalue weighted by Gasteiger charge is -2.36. The van der Waals surface area contributed by atoms with Gasteiger partial charge in [-0.3, -0.25) is 24.7 Å². The Kier molecular flexibility index (Phi) is 8.25. The molecule has 2 aliphatic rings. The van der Waals surface area contributed by atoms with E-state index < -0.39 is 11.8 Å². The molecule has 3 amide bonds. The van der Waals surface area contributed by atoms with E-state index in [1.807, 2.05) is 32.0 Å². The van der Waals surface area contributed by atoms with E-state index in [1.165, 1.54) is 6.08 Å². The Balaban J connectivity index is 0.00000320. The first-order chi connectivity index (χ1) is 13.8. The molecule has 1 aromatic rings. The predicted molar refractivity (Wildman–Crippen MR) is 116 cm³/mol. The van der Waals surface area contributed by atoms with Gasteiger partial charge in [0.05, 0.1) is 11.8 Å². The highest BCUT2D eigenvalue weighted by atomic mass is 35.5. The Labute approximate surface area is 183 Å². The number of nitrogens with one attached hydrogen (secondary N) is 1. The molecule has 0 aromatic heterocycles. The molecule has 0 saturated carbocycles. The second-order valence-corrected chi connectivity index (χ2v) is 7.55. The Hall–Kier alpha value is -2.58. The maximum atomic E-state index is 12.1. The topological polar surface area (TPSA) is 82.2 Å². The van der Waals surface area contributed by atoms with E-state index in [0.717, 1.165) is 42.6 Å². The van der Waals surface area contributed by atoms with Crippen molar-refractivity contribution in [2.75, 3.05) is 37.6 Å². The fraction of sp³-hybridized carbons (Fsp3) is 0.476. The van der Waals surface area contributed by atoms with Crippen molar-refractivity contribution >= 4 is 35.8 Å². The lowest BCUT2D eigenvalue weighted by molar-refractivity contribution is -0.146. The molecule has 1 N–H and O–H groups in total. The summed E-state index contributed by atoms with van der Waals surface area (Å²) in [7, 11) is 0. The van der Waals surface area contributed by atoms with Gasteiger partial charge in [0.1, 0.15) is 5.75 Å². The summed E-state index contributed by atoms with van der Waals surface area (Å²) < 4.78 is 5.92. The monoisotopic (exact) mass is 436 g/mol. The molecule has 8 nitrogen and oxygen atoms in total. The van der Waals surface area contributed by atoms with Crippen LogP contribution in [0.15, 0.2) is 35.9 Å². The average molecular weight is 437 g/mol. The van der Waals surface area contributed by atoms with E-state index in [2.05, 4.69) is 21.3 Å². The van der Waals surface area contributed by atoms with Gasteiger partial charge in [-0.1, -0.05) is 12.1 Å². The Morgan fingerprint density at radius 3 is 2.40 bits per heavy atom. The molecule has 0 atom stereocenters. The van der Waals surface area contributed by atoms with Crippen LogP contribution in [0.2, 0.25) is 0 Å². The Morgan fingerprint density at radius 2 is 1.80 bits per heavy atom. The molecule has 0 bridgehead atoms. The molecule has 0 spiro atoms. The van der Waals surface area contributed by atoms with Gasteiger partial charge in [-0.05, 0) is 32.9 Å². The van der Waals surface area contributed by atoms with Gasteiger partial charge >= 0.3 is 0 Å². The molecule has 1 saturated heterocycles. The Morgan fingerprint density at radius 1 is 1.13 bits per heavy atom. The second kappa shape index (κ2) is 10.4. The van der Waals surface area contributed by atoms with Crippen LogP contribution in [0, 0.1) is 0 Å². The normalized spacial score (nSPS) is 17.1. The number of amides is 3. The minimum absolute atomic E-state index is 0. The largest absolute Gasteiger partial charge is 0.489 e. The average Bonchev–Trinajstić information content (AvgIpc) is 2.93. The number of anilines is 1. The number of ether oxygens (including phenoxy) is 1. The van der Waals surface area contributed by atoms with Crippen LogP contribution < -0.4 is 15.1 Å². The molecule has 30 heavy (non-hydrogen) atoms. The van der Waals surface area contributed by atoms with Crippen LogP contribution in [0.3, 0.4) is 0 Å². The van der Waals surface area contributed by atoms with Crippen molar-refractivity contribution in [3.63, 3.8) is 0 Å². The molecule has 1 aromatic carbocycles. The van der Waals surface area contributed by atoms with Crippen molar-refractivity contribution in [2.45, 2.75) is 33.3 Å². The van der Waals surface area contributed by atoms with Crippen molar-refractivity contribution in [1.29, 1.82) is 0 Å². The summed E-state index contributed by atoms with van der Waals surface area (Å²) in [4.78, 5) is 40.1. The van der Waals surface area contributed by atoms with Crippen LogP contribution in [-0.2, 0) is 14.4 Å². The maximum Gasteiger partial charge on any atom is 0.275 e. The standard InChI is InChI=1S/C21H28N4O4.ClH/c1-15(2)29-18-7-5-4-6-17(18)24-12-10-23(11-13-24)9-8-19(26)22-25-20(27)14-16(3)21(25)28;/h4-7,14-15H,8-13H2,1-3H3,(H,22,26);1H. The summed E-state index contributed by atoms with van der Waals surface area (Å²) >= 11 is 0. The zero-order chi connectivity index (χ0) is 21.0. The van der Waals surface area contributed by atoms with Crippen LogP contribution in [0.25, 0.3) is 0 Å². The van der Waals surface area contributed by atoms with E-state index in [9.17, 15) is 14.4 Å². The number of benzene rings is 1. The van der Waals surface area contributed by atoms with Crippen molar-refractivity contribution in [3.05, 3.63) is 35.9 Å². The van der Waals surface area contributed by atoms with Gasteiger partial charge in [-0.2, -0.15) is 5.01 Å². The molecule has 164 valence electrons. The third-order valence-corrected chi connectivity index (χ3v) is 4.93. The lowest BCUT2D eigenvalue weighted by atomic mass is 10.2. The minimum atomic E-state index is -0.503. The lowest BCUT2D eigenvalue weighted by Crippen LogP contribution is -2.49. The van der Waals surface area contributed by atoms with E-state index in [4.69, 9.17) is 4.74 Å². The highest BCUT2D eigenvalue weighted by Gasteiger charge is 2.30. The van der Waals surface area contributed by atoms with Crippen LogP contribution >= 0.6 is 12.4 Å². The number of nitrogens with zero attached hydrogens (tertiary/aromatic N) is 3. The van der Waals surface area contributed by atoms with Crippen molar-refractivity contribution in [3.8, 4) is 5.75 Å². The first-order valence-corrected chi connectivity index (χ1v) is 9.94. The van der Waals surface area contributed by atoms with Crippen LogP contribution in [0.4, 0.5) is 5.69 Å². The molecule has 1 fully saturated rings.